The van der Waals surface area contributed by atoms with E-state index in [1.54, 1.807) is 0 Å². The van der Waals surface area contributed by atoms with E-state index in [9.17, 15) is 0 Å². The van der Waals surface area contributed by atoms with Crippen LogP contribution in [-0.2, 0) is 0 Å². The molecule has 0 bridgehead atoms. The maximum atomic E-state index is 5.10. The first-order valence-electron chi connectivity index (χ1n) is 5.10. The standard InChI is InChI=1S/C2Cl4.2C2H3Cl3.C2HCl3.C2H4Cl2/c3-1(4)2(5)6;1-2(3,4)5;2*3-1-2(4)5;3-1-2-4/h;1H3;2H,1H2;1H;1-2H2. The zero-order valence-corrected chi connectivity index (χ0v) is 23.3. The summed E-state index contributed by atoms with van der Waals surface area (Å²) in [6, 6.07) is 0. The molecule has 0 aromatic rings. The fourth-order valence-electron chi connectivity index (χ4n) is 0. The van der Waals surface area contributed by atoms with Crippen molar-refractivity contribution < 1.29 is 0 Å². The zero-order chi connectivity index (χ0) is 21.6. The van der Waals surface area contributed by atoms with Gasteiger partial charge in [-0.1, -0.05) is 116 Å². The van der Waals surface area contributed by atoms with Crippen LogP contribution in [0.5, 0.6) is 0 Å². The van der Waals surface area contributed by atoms with E-state index in [0.717, 1.165) is 5.54 Å². The molecule has 0 aromatic carbocycles. The predicted octanol–water partition coefficient (Wildman–Crippen LogP) is 11.4. The molecule has 25 heavy (non-hydrogen) atoms. The topological polar surface area (TPSA) is 0 Å². The monoisotopic (exact) mass is 656 g/mol. The number of hydrogen-bond acceptors (Lipinski definition) is 0. The lowest BCUT2D eigenvalue weighted by atomic mass is 10.9. The normalized spacial score (nSPS) is 8.84. The fourth-order valence-corrected chi connectivity index (χ4v) is 0. The summed E-state index contributed by atoms with van der Waals surface area (Å²) >= 11 is 75.4. The van der Waals surface area contributed by atoms with Crippen LogP contribution in [0.15, 0.2) is 19.0 Å². The molecule has 156 valence electrons. The SMILES string of the molecule is CC(Cl)(Cl)Cl.ClC(Cl)=C(Cl)Cl.ClC=C(Cl)Cl.ClCC(Cl)Cl.ClCCCl. The minimum absolute atomic E-state index is 0.0895. The van der Waals surface area contributed by atoms with Crippen molar-refractivity contribution in [2.45, 2.75) is 15.6 Å². The van der Waals surface area contributed by atoms with Gasteiger partial charge < -0.3 is 0 Å². The summed E-state index contributed by atoms with van der Waals surface area (Å²) in [5.74, 6) is 1.42. The van der Waals surface area contributed by atoms with E-state index in [-0.39, 0.29) is 13.5 Å². The molecule has 0 atom stereocenters. The molecule has 0 fully saturated rings. The maximum absolute atomic E-state index is 5.10. The van der Waals surface area contributed by atoms with Crippen molar-refractivity contribution in [1.29, 1.82) is 0 Å². The number of alkyl halides is 8. The minimum Gasteiger partial charge on any atom is -0.125 e. The second-order valence-electron chi connectivity index (χ2n) is 2.62. The van der Waals surface area contributed by atoms with Crippen molar-refractivity contribution in [2.75, 3.05) is 17.6 Å². The Morgan fingerprint density at radius 1 is 0.800 bits per heavy atom. The van der Waals surface area contributed by atoms with Crippen molar-refractivity contribution in [3.05, 3.63) is 19.0 Å². The van der Waals surface area contributed by atoms with E-state index in [2.05, 4.69) is 0 Å². The van der Waals surface area contributed by atoms with Crippen LogP contribution in [0, 0.1) is 0 Å². The highest BCUT2D eigenvalue weighted by molar-refractivity contribution is 6.68. The zero-order valence-electron chi connectivity index (χ0n) is 11.9. The van der Waals surface area contributed by atoms with E-state index >= 15 is 0 Å². The molecule has 0 spiro atoms. The van der Waals surface area contributed by atoms with Crippen molar-refractivity contribution >= 4 is 174 Å². The van der Waals surface area contributed by atoms with Gasteiger partial charge in [-0.3, -0.25) is 0 Å². The van der Waals surface area contributed by atoms with Crippen LogP contribution in [0.2, 0.25) is 0 Å². The Hall–Kier alpha value is 3.83. The molecular formula is C10H11Cl15. The molecule has 0 heterocycles. The van der Waals surface area contributed by atoms with E-state index in [0.29, 0.717) is 17.6 Å². The van der Waals surface area contributed by atoms with Crippen molar-refractivity contribution in [3.63, 3.8) is 0 Å². The molecule has 0 radical (unpaired) electrons. The third-order valence-electron chi connectivity index (χ3n) is 0.413. The maximum Gasteiger partial charge on any atom is 0.187 e. The number of hydrogen-bond donors (Lipinski definition) is 0. The first kappa shape index (κ1) is 39.3. The van der Waals surface area contributed by atoms with Gasteiger partial charge in [0.25, 0.3) is 0 Å². The molecule has 0 aliphatic heterocycles. The van der Waals surface area contributed by atoms with Crippen LogP contribution in [0.25, 0.3) is 0 Å². The summed E-state index contributed by atoms with van der Waals surface area (Å²) in [6.45, 7) is 1.48. The average Bonchev–Trinajstić information content (AvgIpc) is 2.46. The Balaban J connectivity index is -0.0000000671. The quantitative estimate of drug-likeness (QED) is 0.258. The van der Waals surface area contributed by atoms with Crippen molar-refractivity contribution in [3.8, 4) is 0 Å². The van der Waals surface area contributed by atoms with E-state index in [1.165, 1.54) is 6.92 Å². The molecule has 0 aliphatic carbocycles. The van der Waals surface area contributed by atoms with E-state index < -0.39 is 8.63 Å². The lowest BCUT2D eigenvalue weighted by molar-refractivity contribution is 1.27. The third kappa shape index (κ3) is 113. The van der Waals surface area contributed by atoms with Gasteiger partial charge in [-0.25, -0.2) is 0 Å². The second-order valence-corrected chi connectivity index (χ2v) is 10.9. The second kappa shape index (κ2) is 30.0. The predicted molar refractivity (Wildman–Crippen MR) is 130 cm³/mol. The summed E-state index contributed by atoms with van der Waals surface area (Å²) in [6.07, 6.45) is 0. The van der Waals surface area contributed by atoms with Crippen molar-refractivity contribution in [2.24, 2.45) is 0 Å². The van der Waals surface area contributed by atoms with Gasteiger partial charge in [0.05, 0.1) is 5.88 Å². The van der Waals surface area contributed by atoms with Gasteiger partial charge in [-0.05, 0) is 6.92 Å². The van der Waals surface area contributed by atoms with Gasteiger partial charge in [0, 0.05) is 17.3 Å². The van der Waals surface area contributed by atoms with E-state index in [1.807, 2.05) is 0 Å². The summed E-state index contributed by atoms with van der Waals surface area (Å²) in [7, 11) is 0. The summed E-state index contributed by atoms with van der Waals surface area (Å²) in [4.78, 5) is -0.406. The fraction of sp³-hybridized carbons (Fsp3) is 0.600. The van der Waals surface area contributed by atoms with Gasteiger partial charge in [0.15, 0.2) is 3.79 Å². The molecule has 0 nitrogen and oxygen atoms in total. The van der Waals surface area contributed by atoms with Crippen LogP contribution in [0.1, 0.15) is 6.92 Å². The smallest absolute Gasteiger partial charge is 0.125 e. The Labute approximate surface area is 223 Å². The molecule has 0 rings (SSSR count). The summed E-state index contributed by atoms with van der Waals surface area (Å²) in [5.41, 5.74) is 1.09. The van der Waals surface area contributed by atoms with Gasteiger partial charge in [-0.2, -0.15) is 0 Å². The van der Waals surface area contributed by atoms with Crippen LogP contribution >= 0.6 is 174 Å². The van der Waals surface area contributed by atoms with Crippen LogP contribution in [0.3, 0.4) is 0 Å². The molecular weight excluding hydrogens is 652 g/mol. The Bertz CT molecular complexity index is 276. The van der Waals surface area contributed by atoms with Gasteiger partial charge in [-0.15, -0.1) is 58.0 Å². The average molecular weight is 663 g/mol. The molecule has 0 aromatic heterocycles. The van der Waals surface area contributed by atoms with Gasteiger partial charge in [0.2, 0.25) is 0 Å². The lowest BCUT2D eigenvalue weighted by Crippen LogP contribution is -1.87. The molecule has 0 aliphatic rings. The molecule has 0 N–H and O–H groups in total. The van der Waals surface area contributed by atoms with Gasteiger partial charge in [0.1, 0.15) is 18.3 Å². The van der Waals surface area contributed by atoms with Crippen LogP contribution < -0.4 is 0 Å². The lowest BCUT2D eigenvalue weighted by Gasteiger charge is -1.94. The number of rotatable bonds is 2. The highest BCUT2D eigenvalue weighted by Crippen LogP contribution is 2.23. The van der Waals surface area contributed by atoms with Crippen molar-refractivity contribution in [1.82, 2.24) is 0 Å². The molecule has 15 heteroatoms. The summed E-state index contributed by atoms with van der Waals surface area (Å²) < 4.78 is -1.19. The molecule has 0 amide bonds. The largest absolute Gasteiger partial charge is 0.187 e. The molecule has 0 saturated heterocycles. The van der Waals surface area contributed by atoms with Gasteiger partial charge >= 0.3 is 0 Å². The minimum atomic E-state index is -1.08. The Kier molecular flexibility index (Phi) is 47.2. The molecule has 0 saturated carbocycles. The third-order valence-corrected chi connectivity index (χ3v) is 3.72. The number of halogens is 15. The van der Waals surface area contributed by atoms with Crippen LogP contribution in [0.4, 0.5) is 0 Å². The highest BCUT2D eigenvalue weighted by atomic mass is 35.6. The first-order valence-corrected chi connectivity index (χ1v) is 11.4. The first-order chi connectivity index (χ1) is 11.1. The van der Waals surface area contributed by atoms with Crippen LogP contribution in [-0.4, -0.2) is 26.3 Å². The molecule has 0 unspecified atom stereocenters. The van der Waals surface area contributed by atoms with E-state index in [4.69, 9.17) is 174 Å². The highest BCUT2D eigenvalue weighted by Gasteiger charge is 2.07. The summed E-state index contributed by atoms with van der Waals surface area (Å²) in [5, 5.41) is 0. The Morgan fingerprint density at radius 2 is 0.960 bits per heavy atom. The Morgan fingerprint density at radius 3 is 0.960 bits per heavy atom.